The molecule has 1 unspecified atom stereocenters. The Morgan fingerprint density at radius 3 is 2.78 bits per heavy atom. The zero-order valence-corrected chi connectivity index (χ0v) is 11.7. The van der Waals surface area contributed by atoms with E-state index in [2.05, 4.69) is 41.7 Å². The third-order valence-electron chi connectivity index (χ3n) is 3.82. The van der Waals surface area contributed by atoms with Gasteiger partial charge in [0, 0.05) is 18.6 Å². The van der Waals surface area contributed by atoms with Crippen LogP contribution in [0.5, 0.6) is 0 Å². The van der Waals surface area contributed by atoms with Crippen molar-refractivity contribution in [1.82, 2.24) is 15.5 Å². The van der Waals surface area contributed by atoms with Gasteiger partial charge in [-0.1, -0.05) is 12.2 Å². The molecule has 0 bridgehead atoms. The molecule has 102 valence electrons. The number of likely N-dealkylation sites (tertiary alicyclic amines) is 1. The van der Waals surface area contributed by atoms with Crippen LogP contribution < -0.4 is 10.6 Å². The van der Waals surface area contributed by atoms with Gasteiger partial charge in [0.1, 0.15) is 0 Å². The Morgan fingerprint density at radius 1 is 1.39 bits per heavy atom. The van der Waals surface area contributed by atoms with Crippen LogP contribution in [0.25, 0.3) is 0 Å². The molecule has 4 nitrogen and oxygen atoms in total. The molecule has 18 heavy (non-hydrogen) atoms. The van der Waals surface area contributed by atoms with E-state index in [1.165, 1.54) is 19.4 Å². The summed E-state index contributed by atoms with van der Waals surface area (Å²) < 4.78 is 0. The van der Waals surface area contributed by atoms with Crippen molar-refractivity contribution in [1.29, 1.82) is 0 Å². The fraction of sp³-hybridized carbons (Fsp3) is 0.786. The third-order valence-corrected chi connectivity index (χ3v) is 3.82. The molecule has 2 aliphatic rings. The van der Waals surface area contributed by atoms with E-state index in [0.29, 0.717) is 12.1 Å². The van der Waals surface area contributed by atoms with E-state index in [9.17, 15) is 0 Å². The van der Waals surface area contributed by atoms with E-state index in [-0.39, 0.29) is 0 Å². The Hall–Kier alpha value is -1.03. The fourth-order valence-electron chi connectivity index (χ4n) is 2.66. The van der Waals surface area contributed by atoms with Crippen molar-refractivity contribution in [3.63, 3.8) is 0 Å². The van der Waals surface area contributed by atoms with Gasteiger partial charge in [0.25, 0.3) is 0 Å². The second kappa shape index (κ2) is 6.78. The SMILES string of the molecule is CCNC(=NCC1CCCN1C)NC1CC=CC1. The molecule has 1 heterocycles. The fourth-order valence-corrected chi connectivity index (χ4v) is 2.66. The lowest BCUT2D eigenvalue weighted by Gasteiger charge is -2.20. The summed E-state index contributed by atoms with van der Waals surface area (Å²) >= 11 is 0. The molecule has 0 amide bonds. The summed E-state index contributed by atoms with van der Waals surface area (Å²) in [5.74, 6) is 0.978. The number of likely N-dealkylation sites (N-methyl/N-ethyl adjacent to an activating group) is 1. The van der Waals surface area contributed by atoms with Crippen LogP contribution in [0.15, 0.2) is 17.1 Å². The minimum atomic E-state index is 0.532. The summed E-state index contributed by atoms with van der Waals surface area (Å²) in [4.78, 5) is 7.16. The first-order chi connectivity index (χ1) is 8.79. The van der Waals surface area contributed by atoms with Crippen molar-refractivity contribution in [3.8, 4) is 0 Å². The lowest BCUT2D eigenvalue weighted by Crippen LogP contribution is -2.43. The van der Waals surface area contributed by atoms with Crippen LogP contribution in [0.3, 0.4) is 0 Å². The molecule has 0 aromatic heterocycles. The highest BCUT2D eigenvalue weighted by Crippen LogP contribution is 2.14. The average molecular weight is 250 g/mol. The molecule has 1 atom stereocenters. The quantitative estimate of drug-likeness (QED) is 0.449. The normalized spacial score (nSPS) is 25.9. The Kier molecular flexibility index (Phi) is 5.05. The van der Waals surface area contributed by atoms with Gasteiger partial charge in [-0.15, -0.1) is 0 Å². The molecule has 0 aromatic rings. The van der Waals surface area contributed by atoms with Gasteiger partial charge in [0.05, 0.1) is 6.54 Å². The molecule has 0 saturated carbocycles. The van der Waals surface area contributed by atoms with Gasteiger partial charge in [-0.2, -0.15) is 0 Å². The molecule has 2 rings (SSSR count). The number of hydrogen-bond acceptors (Lipinski definition) is 2. The first kappa shape index (κ1) is 13.4. The molecular weight excluding hydrogens is 224 g/mol. The molecular formula is C14H26N4. The number of rotatable bonds is 4. The van der Waals surface area contributed by atoms with Gasteiger partial charge in [-0.25, -0.2) is 0 Å². The van der Waals surface area contributed by atoms with Crippen molar-refractivity contribution < 1.29 is 0 Å². The Balaban J connectivity index is 1.83. The topological polar surface area (TPSA) is 39.7 Å². The van der Waals surface area contributed by atoms with E-state index < -0.39 is 0 Å². The Labute approximate surface area is 111 Å². The van der Waals surface area contributed by atoms with Crippen LogP contribution in [0.2, 0.25) is 0 Å². The van der Waals surface area contributed by atoms with Crippen LogP contribution in [0.4, 0.5) is 0 Å². The Bertz CT molecular complexity index is 303. The van der Waals surface area contributed by atoms with Crippen molar-refractivity contribution in [2.75, 3.05) is 26.7 Å². The predicted molar refractivity (Wildman–Crippen MR) is 76.9 cm³/mol. The highest BCUT2D eigenvalue weighted by atomic mass is 15.2. The monoisotopic (exact) mass is 250 g/mol. The molecule has 1 aliphatic heterocycles. The van der Waals surface area contributed by atoms with Gasteiger partial charge in [-0.05, 0) is 46.2 Å². The summed E-state index contributed by atoms with van der Waals surface area (Å²) in [6.45, 7) is 5.17. The van der Waals surface area contributed by atoms with Crippen molar-refractivity contribution in [3.05, 3.63) is 12.2 Å². The summed E-state index contributed by atoms with van der Waals surface area (Å²) in [5, 5.41) is 6.85. The number of aliphatic imine (C=N–C) groups is 1. The third kappa shape index (κ3) is 3.73. The van der Waals surface area contributed by atoms with E-state index in [1.54, 1.807) is 0 Å². The molecule has 0 radical (unpaired) electrons. The summed E-state index contributed by atoms with van der Waals surface area (Å²) in [7, 11) is 2.20. The zero-order valence-electron chi connectivity index (χ0n) is 11.7. The lowest BCUT2D eigenvalue weighted by molar-refractivity contribution is 0.317. The van der Waals surface area contributed by atoms with Gasteiger partial charge in [0.15, 0.2) is 5.96 Å². The summed E-state index contributed by atoms with van der Waals surface area (Å²) in [6.07, 6.45) is 9.32. The lowest BCUT2D eigenvalue weighted by atomic mass is 10.2. The zero-order chi connectivity index (χ0) is 12.8. The van der Waals surface area contributed by atoms with E-state index in [4.69, 9.17) is 4.99 Å². The summed E-state index contributed by atoms with van der Waals surface area (Å²) in [6, 6.07) is 1.16. The van der Waals surface area contributed by atoms with Crippen molar-refractivity contribution in [2.24, 2.45) is 4.99 Å². The van der Waals surface area contributed by atoms with Gasteiger partial charge >= 0.3 is 0 Å². The molecule has 0 aromatic carbocycles. The molecule has 2 N–H and O–H groups in total. The first-order valence-electron chi connectivity index (χ1n) is 7.19. The van der Waals surface area contributed by atoms with Crippen molar-refractivity contribution in [2.45, 2.75) is 44.7 Å². The molecule has 1 saturated heterocycles. The maximum atomic E-state index is 4.73. The number of hydrogen-bond donors (Lipinski definition) is 2. The maximum Gasteiger partial charge on any atom is 0.191 e. The smallest absolute Gasteiger partial charge is 0.191 e. The minimum Gasteiger partial charge on any atom is -0.357 e. The molecule has 0 spiro atoms. The first-order valence-corrected chi connectivity index (χ1v) is 7.19. The standard InChI is InChI=1S/C14H26N4/c1-3-15-14(17-12-7-4-5-8-12)16-11-13-9-6-10-18(13)2/h4-5,12-13H,3,6-11H2,1-2H3,(H2,15,16,17). The number of nitrogens with zero attached hydrogens (tertiary/aromatic N) is 2. The number of nitrogens with one attached hydrogen (secondary N) is 2. The summed E-state index contributed by atoms with van der Waals surface area (Å²) in [5.41, 5.74) is 0. The molecule has 1 fully saturated rings. The van der Waals surface area contributed by atoms with Gasteiger partial charge in [-0.3, -0.25) is 4.99 Å². The van der Waals surface area contributed by atoms with E-state index in [0.717, 1.165) is 31.9 Å². The second-order valence-corrected chi connectivity index (χ2v) is 5.28. The highest BCUT2D eigenvalue weighted by Gasteiger charge is 2.20. The van der Waals surface area contributed by atoms with Crippen LogP contribution in [-0.2, 0) is 0 Å². The predicted octanol–water partition coefficient (Wildman–Crippen LogP) is 1.35. The van der Waals surface area contributed by atoms with Crippen LogP contribution in [0.1, 0.15) is 32.6 Å². The molecule has 4 heteroatoms. The van der Waals surface area contributed by atoms with Crippen molar-refractivity contribution >= 4 is 5.96 Å². The van der Waals surface area contributed by atoms with Gasteiger partial charge < -0.3 is 15.5 Å². The van der Waals surface area contributed by atoms with Crippen LogP contribution in [0, 0.1) is 0 Å². The highest BCUT2D eigenvalue weighted by molar-refractivity contribution is 5.80. The largest absolute Gasteiger partial charge is 0.357 e. The maximum absolute atomic E-state index is 4.73. The minimum absolute atomic E-state index is 0.532. The Morgan fingerprint density at radius 2 is 2.17 bits per heavy atom. The van der Waals surface area contributed by atoms with Crippen LogP contribution >= 0.6 is 0 Å². The van der Waals surface area contributed by atoms with Gasteiger partial charge in [0.2, 0.25) is 0 Å². The van der Waals surface area contributed by atoms with Crippen LogP contribution in [-0.4, -0.2) is 49.6 Å². The van der Waals surface area contributed by atoms with E-state index >= 15 is 0 Å². The molecule has 1 aliphatic carbocycles. The van der Waals surface area contributed by atoms with E-state index in [1.807, 2.05) is 0 Å². The average Bonchev–Trinajstić information content (AvgIpc) is 2.98. The second-order valence-electron chi connectivity index (χ2n) is 5.28. The number of guanidine groups is 1.